The first kappa shape index (κ1) is 20.0. The number of thioether (sulfide) groups is 1. The van der Waals surface area contributed by atoms with E-state index in [0.717, 1.165) is 22.5 Å². The smallest absolute Gasteiger partial charge is 0.345 e. The summed E-state index contributed by atoms with van der Waals surface area (Å²) in [5.41, 5.74) is 2.05. The summed E-state index contributed by atoms with van der Waals surface area (Å²) in [6, 6.07) is 18.1. The molecule has 0 bridgehead atoms. The number of carbonyl (C=O) groups excluding carboxylic acids is 1. The summed E-state index contributed by atoms with van der Waals surface area (Å²) in [6.07, 6.45) is 0. The Morgan fingerprint density at radius 2 is 1.33 bits per heavy atom. The van der Waals surface area contributed by atoms with Crippen molar-refractivity contribution < 1.29 is 14.7 Å². The Bertz CT molecular complexity index is 905. The van der Waals surface area contributed by atoms with Gasteiger partial charge in [-0.15, -0.1) is 23.1 Å². The normalized spacial score (nSPS) is 10.9. The molecular weight excluding hydrogens is 423 g/mol. The number of carboxylic acids is 1. The van der Waals surface area contributed by atoms with Gasteiger partial charge in [0.1, 0.15) is 4.88 Å². The minimum Gasteiger partial charge on any atom is -0.477 e. The van der Waals surface area contributed by atoms with Crippen LogP contribution < -0.4 is 0 Å². The number of carbonyl (C=O) groups is 2. The van der Waals surface area contributed by atoms with Gasteiger partial charge in [-0.1, -0.05) is 47.5 Å². The number of aromatic carboxylic acids is 1. The van der Waals surface area contributed by atoms with Crippen molar-refractivity contribution in [3.63, 3.8) is 0 Å². The Morgan fingerprint density at radius 3 is 1.78 bits per heavy atom. The molecule has 0 fully saturated rings. The highest BCUT2D eigenvalue weighted by Crippen LogP contribution is 2.37. The fourth-order valence-corrected chi connectivity index (χ4v) is 4.79. The van der Waals surface area contributed by atoms with Crippen LogP contribution in [-0.2, 0) is 0 Å². The molecule has 0 spiro atoms. The Hall–Kier alpha value is -1.79. The van der Waals surface area contributed by atoms with Crippen molar-refractivity contribution in [2.45, 2.75) is 5.25 Å². The van der Waals surface area contributed by atoms with E-state index in [0.29, 0.717) is 14.9 Å². The van der Waals surface area contributed by atoms with Crippen LogP contribution in [0.4, 0.5) is 0 Å². The third-order valence-electron chi connectivity index (χ3n) is 3.82. The highest BCUT2D eigenvalue weighted by Gasteiger charge is 2.19. The van der Waals surface area contributed by atoms with Gasteiger partial charge in [0.15, 0.2) is 5.78 Å². The van der Waals surface area contributed by atoms with Crippen molar-refractivity contribution in [3.8, 4) is 0 Å². The van der Waals surface area contributed by atoms with Crippen LogP contribution in [0.25, 0.3) is 0 Å². The second-order valence-corrected chi connectivity index (χ2v) is 8.74. The van der Waals surface area contributed by atoms with Crippen molar-refractivity contribution in [3.05, 3.63) is 91.6 Å². The first-order valence-electron chi connectivity index (χ1n) is 7.93. The lowest BCUT2D eigenvalue weighted by atomic mass is 10.0. The molecule has 7 heteroatoms. The molecule has 0 saturated carbocycles. The molecule has 0 unspecified atom stereocenters. The Balaban J connectivity index is 1.80. The number of thiophene rings is 1. The Morgan fingerprint density at radius 1 is 0.852 bits per heavy atom. The summed E-state index contributed by atoms with van der Waals surface area (Å²) < 4.78 is 0. The van der Waals surface area contributed by atoms with E-state index in [4.69, 9.17) is 28.3 Å². The van der Waals surface area contributed by atoms with E-state index in [-0.39, 0.29) is 21.7 Å². The van der Waals surface area contributed by atoms with Gasteiger partial charge in [-0.05, 0) is 47.5 Å². The number of rotatable bonds is 7. The van der Waals surface area contributed by atoms with Crippen molar-refractivity contribution in [1.82, 2.24) is 0 Å². The van der Waals surface area contributed by atoms with Gasteiger partial charge in [0, 0.05) is 10.0 Å². The van der Waals surface area contributed by atoms with E-state index in [1.54, 1.807) is 6.07 Å². The van der Waals surface area contributed by atoms with Gasteiger partial charge in [0.25, 0.3) is 0 Å². The maximum atomic E-state index is 12.5. The zero-order valence-corrected chi connectivity index (χ0v) is 17.0. The van der Waals surface area contributed by atoms with E-state index in [2.05, 4.69) is 0 Å². The summed E-state index contributed by atoms with van der Waals surface area (Å²) >= 11 is 14.5. The largest absolute Gasteiger partial charge is 0.477 e. The van der Waals surface area contributed by atoms with Crippen LogP contribution in [0.2, 0.25) is 10.0 Å². The first-order valence-corrected chi connectivity index (χ1v) is 10.5. The lowest BCUT2D eigenvalue weighted by Gasteiger charge is -2.17. The van der Waals surface area contributed by atoms with Crippen LogP contribution in [0, 0.1) is 0 Å². The van der Waals surface area contributed by atoms with Crippen LogP contribution in [0.5, 0.6) is 0 Å². The molecule has 138 valence electrons. The number of halogens is 2. The molecule has 27 heavy (non-hydrogen) atoms. The molecule has 1 aromatic heterocycles. The second kappa shape index (κ2) is 8.93. The van der Waals surface area contributed by atoms with E-state index in [9.17, 15) is 9.59 Å². The second-order valence-electron chi connectivity index (χ2n) is 5.69. The average molecular weight is 437 g/mol. The third-order valence-corrected chi connectivity index (χ3v) is 6.74. The fourth-order valence-electron chi connectivity index (χ4n) is 2.49. The molecule has 0 aliphatic carbocycles. The predicted octanol–water partition coefficient (Wildman–Crippen LogP) is 6.46. The fraction of sp³-hybridized carbons (Fsp3) is 0.100. The van der Waals surface area contributed by atoms with E-state index in [1.807, 2.05) is 48.5 Å². The van der Waals surface area contributed by atoms with Crippen LogP contribution in [0.15, 0.2) is 60.7 Å². The van der Waals surface area contributed by atoms with Crippen LogP contribution in [0.3, 0.4) is 0 Å². The number of benzene rings is 2. The number of Topliss-reactive ketones (excluding diaryl/α,β-unsaturated/α-hetero) is 1. The molecule has 1 N–H and O–H groups in total. The molecule has 3 nitrogen and oxygen atoms in total. The highest BCUT2D eigenvalue weighted by molar-refractivity contribution is 8.00. The molecule has 0 amide bonds. The molecule has 0 aliphatic rings. The molecule has 2 aromatic carbocycles. The topological polar surface area (TPSA) is 54.4 Å². The number of ketones is 1. The van der Waals surface area contributed by atoms with Crippen molar-refractivity contribution in [1.29, 1.82) is 0 Å². The molecule has 0 saturated heterocycles. The standard InChI is InChI=1S/C20H14Cl2O3S2/c21-14-5-1-12(2-6-14)19(13-3-7-15(22)8-4-13)26-11-16(23)17-9-10-18(27-17)20(24)25/h1-10,19H,11H2,(H,24,25). The van der Waals surface area contributed by atoms with Gasteiger partial charge in [-0.25, -0.2) is 4.79 Å². The zero-order valence-electron chi connectivity index (χ0n) is 13.9. The molecule has 0 atom stereocenters. The van der Waals surface area contributed by atoms with Crippen molar-refractivity contribution in [2.75, 3.05) is 5.75 Å². The lowest BCUT2D eigenvalue weighted by Crippen LogP contribution is -2.04. The van der Waals surface area contributed by atoms with Gasteiger partial charge in [-0.3, -0.25) is 4.79 Å². The summed E-state index contributed by atoms with van der Waals surface area (Å²) in [7, 11) is 0. The van der Waals surface area contributed by atoms with E-state index >= 15 is 0 Å². The molecule has 1 heterocycles. The first-order chi connectivity index (χ1) is 12.9. The molecule has 0 aliphatic heterocycles. The van der Waals surface area contributed by atoms with Gasteiger partial charge < -0.3 is 5.11 Å². The highest BCUT2D eigenvalue weighted by atomic mass is 35.5. The summed E-state index contributed by atoms with van der Waals surface area (Å²) in [5, 5.41) is 10.2. The zero-order chi connectivity index (χ0) is 19.4. The lowest BCUT2D eigenvalue weighted by molar-refractivity contribution is 0.0702. The monoisotopic (exact) mass is 436 g/mol. The average Bonchev–Trinajstić information content (AvgIpc) is 3.15. The third kappa shape index (κ3) is 5.14. The summed E-state index contributed by atoms with van der Waals surface area (Å²) in [4.78, 5) is 24.1. The number of hydrogen-bond acceptors (Lipinski definition) is 4. The van der Waals surface area contributed by atoms with Crippen LogP contribution in [-0.4, -0.2) is 22.6 Å². The Labute approximate surface area is 174 Å². The molecule has 0 radical (unpaired) electrons. The quantitative estimate of drug-likeness (QED) is 0.431. The van der Waals surface area contributed by atoms with Gasteiger partial charge >= 0.3 is 5.97 Å². The maximum Gasteiger partial charge on any atom is 0.345 e. The SMILES string of the molecule is O=C(O)c1ccc(C(=O)CSC(c2ccc(Cl)cc2)c2ccc(Cl)cc2)s1. The van der Waals surface area contributed by atoms with Crippen molar-refractivity contribution in [2.24, 2.45) is 0 Å². The van der Waals surface area contributed by atoms with E-state index < -0.39 is 5.97 Å². The molecule has 3 aromatic rings. The Kier molecular flexibility index (Phi) is 6.60. The molecular formula is C20H14Cl2O3S2. The number of carboxylic acid groups (broad SMARTS) is 1. The minimum atomic E-state index is -1.02. The molecule has 3 rings (SSSR count). The summed E-state index contributed by atoms with van der Waals surface area (Å²) in [6.45, 7) is 0. The van der Waals surface area contributed by atoms with Crippen LogP contribution >= 0.6 is 46.3 Å². The maximum absolute atomic E-state index is 12.5. The van der Waals surface area contributed by atoms with Crippen LogP contribution in [0.1, 0.15) is 35.7 Å². The predicted molar refractivity (Wildman–Crippen MR) is 113 cm³/mol. The summed E-state index contributed by atoms with van der Waals surface area (Å²) in [5.74, 6) is -0.882. The van der Waals surface area contributed by atoms with Gasteiger partial charge in [-0.2, -0.15) is 0 Å². The minimum absolute atomic E-state index is 0.0672. The van der Waals surface area contributed by atoms with Gasteiger partial charge in [0.05, 0.1) is 15.9 Å². The number of hydrogen-bond donors (Lipinski definition) is 1. The van der Waals surface area contributed by atoms with Gasteiger partial charge in [0.2, 0.25) is 0 Å². The van der Waals surface area contributed by atoms with Crippen molar-refractivity contribution >= 4 is 58.1 Å². The van der Waals surface area contributed by atoms with E-state index in [1.165, 1.54) is 17.8 Å².